The third-order valence-corrected chi connectivity index (χ3v) is 7.40. The van der Waals surface area contributed by atoms with Gasteiger partial charge in [0.15, 0.2) is 14.6 Å². The molecule has 0 aliphatic carbocycles. The predicted molar refractivity (Wildman–Crippen MR) is 168 cm³/mol. The Bertz CT molecular complexity index is 1150. The molecule has 4 N–H and O–H groups in total. The Morgan fingerprint density at radius 2 is 0.763 bits per heavy atom. The zero-order valence-electron chi connectivity index (χ0n) is 22.7. The van der Waals surface area contributed by atoms with Crippen LogP contribution in [0.1, 0.15) is 36.1 Å². The van der Waals surface area contributed by atoms with Gasteiger partial charge in [0, 0.05) is 0 Å². The molecule has 0 saturated heterocycles. The maximum atomic E-state index is 6.83. The molecule has 0 aromatic heterocycles. The molecule has 4 heteroatoms. The molecule has 0 saturated carbocycles. The Hall–Kier alpha value is -3.91. The Kier molecular flexibility index (Phi) is 9.70. The van der Waals surface area contributed by atoms with E-state index in [2.05, 4.69) is 111 Å². The molecule has 0 atom stereocenters. The van der Waals surface area contributed by atoms with Crippen molar-refractivity contribution in [1.82, 2.24) is 0 Å². The second-order valence-corrected chi connectivity index (χ2v) is 10.3. The van der Waals surface area contributed by atoms with E-state index in [-0.39, 0.29) is 0 Å². The average Bonchev–Trinajstić information content (AvgIpc) is 2.95. The van der Waals surface area contributed by atoms with E-state index in [9.17, 15) is 0 Å². The highest BCUT2D eigenvalue weighted by Gasteiger charge is 2.19. The quantitative estimate of drug-likeness (QED) is 0.227. The monoisotopic (exact) mass is 496 g/mol. The Balaban J connectivity index is 1.55. The highest BCUT2D eigenvalue weighted by atomic mass is 14.6. The minimum absolute atomic E-state index is 0.521. The highest BCUT2D eigenvalue weighted by Crippen LogP contribution is 2.29. The molecule has 2 nitrogen and oxygen atoms in total. The normalized spacial score (nSPS) is 10.7. The van der Waals surface area contributed by atoms with Crippen LogP contribution >= 0.6 is 0 Å². The predicted octanol–water partition coefficient (Wildman–Crippen LogP) is 6.72. The fourth-order valence-electron chi connectivity index (χ4n) is 5.24. The molecule has 190 valence electrons. The van der Waals surface area contributed by atoms with Gasteiger partial charge < -0.3 is 11.5 Å². The van der Waals surface area contributed by atoms with Crippen LogP contribution in [0.4, 0.5) is 0 Å². The number of hydrogen-bond donors (Lipinski definition) is 2. The fourth-order valence-corrected chi connectivity index (χ4v) is 5.24. The summed E-state index contributed by atoms with van der Waals surface area (Å²) < 4.78 is 0. The van der Waals surface area contributed by atoms with Crippen LogP contribution in [0.25, 0.3) is 11.1 Å². The summed E-state index contributed by atoms with van der Waals surface area (Å²) in [6.07, 6.45) is 2.07. The lowest BCUT2D eigenvalue weighted by atomic mass is 9.55. The lowest BCUT2D eigenvalue weighted by Gasteiger charge is -2.22. The number of rotatable bonds is 11. The van der Waals surface area contributed by atoms with Crippen molar-refractivity contribution in [1.29, 1.82) is 0 Å². The molecule has 0 aliphatic heterocycles. The minimum Gasteiger partial charge on any atom is -0.409 e. The molecule has 0 heterocycles. The Labute approximate surface area is 230 Å². The third kappa shape index (κ3) is 7.10. The van der Waals surface area contributed by atoms with Crippen molar-refractivity contribution in [2.45, 2.75) is 26.5 Å². The topological polar surface area (TPSA) is 52.0 Å². The van der Waals surface area contributed by atoms with Gasteiger partial charge in [-0.2, -0.15) is 0 Å². The van der Waals surface area contributed by atoms with Gasteiger partial charge in [-0.05, 0) is 50.5 Å². The summed E-state index contributed by atoms with van der Waals surface area (Å²) in [7, 11) is 1.71. The van der Waals surface area contributed by atoms with E-state index in [1.807, 2.05) is 24.3 Å². The third-order valence-electron chi connectivity index (χ3n) is 7.40. The molecule has 0 fully saturated rings. The SMILES string of the molecule is CC(C)C(CBC(N)=C(c1ccccc1)c1ccccc1)CBC(N)=C(c1ccccc1)c1ccccc1. The van der Waals surface area contributed by atoms with Crippen molar-refractivity contribution >= 4 is 25.7 Å². The first-order valence-corrected chi connectivity index (χ1v) is 13.7. The van der Waals surface area contributed by atoms with Crippen LogP contribution in [0, 0.1) is 11.8 Å². The van der Waals surface area contributed by atoms with Crippen LogP contribution in [0.5, 0.6) is 0 Å². The lowest BCUT2D eigenvalue weighted by Crippen LogP contribution is -2.21. The van der Waals surface area contributed by atoms with Crippen molar-refractivity contribution in [2.24, 2.45) is 23.3 Å². The lowest BCUT2D eigenvalue weighted by molar-refractivity contribution is 0.455. The molecule has 0 radical (unpaired) electrons. The van der Waals surface area contributed by atoms with Crippen LogP contribution in [0.15, 0.2) is 133 Å². The smallest absolute Gasteiger partial charge is 0.179 e. The zero-order valence-corrected chi connectivity index (χ0v) is 22.7. The maximum absolute atomic E-state index is 6.83. The van der Waals surface area contributed by atoms with Crippen LogP contribution in [-0.2, 0) is 0 Å². The molecule has 4 aromatic rings. The first kappa shape index (κ1) is 27.1. The zero-order chi connectivity index (χ0) is 26.7. The van der Waals surface area contributed by atoms with Crippen molar-refractivity contribution in [3.8, 4) is 0 Å². The van der Waals surface area contributed by atoms with Crippen molar-refractivity contribution < 1.29 is 0 Å². The molecule has 4 rings (SSSR count). The summed E-state index contributed by atoms with van der Waals surface area (Å²) >= 11 is 0. The van der Waals surface area contributed by atoms with E-state index >= 15 is 0 Å². The van der Waals surface area contributed by atoms with Crippen molar-refractivity contribution in [3.63, 3.8) is 0 Å². The minimum atomic E-state index is 0.521. The van der Waals surface area contributed by atoms with Gasteiger partial charge in [0.25, 0.3) is 0 Å². The summed E-state index contributed by atoms with van der Waals surface area (Å²) in [6.45, 7) is 4.63. The van der Waals surface area contributed by atoms with Crippen LogP contribution < -0.4 is 11.5 Å². The second kappa shape index (κ2) is 13.6. The molecule has 0 aliphatic rings. The summed E-state index contributed by atoms with van der Waals surface area (Å²) in [5.74, 6) is 1.07. The molecule has 0 amide bonds. The first-order chi connectivity index (χ1) is 18.5. The van der Waals surface area contributed by atoms with E-state index in [1.165, 1.54) is 22.3 Å². The summed E-state index contributed by atoms with van der Waals surface area (Å²) in [6, 6.07) is 42.0. The Morgan fingerprint density at radius 3 is 1.00 bits per heavy atom. The van der Waals surface area contributed by atoms with E-state index in [0.717, 1.165) is 49.5 Å². The molecule has 0 bridgehead atoms. The number of nitrogens with two attached hydrogens (primary N) is 2. The van der Waals surface area contributed by atoms with E-state index in [1.54, 1.807) is 0 Å². The molecular weight excluding hydrogens is 458 g/mol. The largest absolute Gasteiger partial charge is 0.409 e. The van der Waals surface area contributed by atoms with Gasteiger partial charge in [-0.15, -0.1) is 0 Å². The van der Waals surface area contributed by atoms with Crippen LogP contribution in [-0.4, -0.2) is 14.6 Å². The molecule has 4 aromatic carbocycles. The van der Waals surface area contributed by atoms with Gasteiger partial charge in [0.2, 0.25) is 0 Å². The van der Waals surface area contributed by atoms with Crippen LogP contribution in [0.2, 0.25) is 12.6 Å². The fraction of sp³-hybridized carbons (Fsp3) is 0.176. The summed E-state index contributed by atoms with van der Waals surface area (Å²) in [4.78, 5) is 0. The van der Waals surface area contributed by atoms with Gasteiger partial charge in [0.05, 0.1) is 0 Å². The average molecular weight is 496 g/mol. The summed E-state index contributed by atoms with van der Waals surface area (Å²) in [5, 5.41) is 0. The first-order valence-electron chi connectivity index (χ1n) is 13.7. The van der Waals surface area contributed by atoms with Gasteiger partial charge in [-0.3, -0.25) is 0 Å². The van der Waals surface area contributed by atoms with Crippen LogP contribution in [0.3, 0.4) is 0 Å². The van der Waals surface area contributed by atoms with E-state index in [4.69, 9.17) is 11.5 Å². The van der Waals surface area contributed by atoms with Crippen molar-refractivity contribution in [2.75, 3.05) is 0 Å². The molecule has 0 unspecified atom stereocenters. The van der Waals surface area contributed by atoms with Gasteiger partial charge >= 0.3 is 0 Å². The van der Waals surface area contributed by atoms with E-state index in [0.29, 0.717) is 11.8 Å². The molecule has 38 heavy (non-hydrogen) atoms. The van der Waals surface area contributed by atoms with Crippen molar-refractivity contribution in [3.05, 3.63) is 155 Å². The van der Waals surface area contributed by atoms with Gasteiger partial charge in [-0.1, -0.05) is 154 Å². The van der Waals surface area contributed by atoms with E-state index < -0.39 is 0 Å². The maximum Gasteiger partial charge on any atom is 0.179 e. The number of benzene rings is 4. The Morgan fingerprint density at radius 1 is 0.500 bits per heavy atom. The highest BCUT2D eigenvalue weighted by molar-refractivity contribution is 6.49. The van der Waals surface area contributed by atoms with Gasteiger partial charge in [0.1, 0.15) is 0 Å². The molecule has 0 spiro atoms. The number of hydrogen-bond acceptors (Lipinski definition) is 2. The molecular formula is C34H38B2N2. The second-order valence-electron chi connectivity index (χ2n) is 10.3. The standard InChI is InChI=1S/C34H38B2N2/c1-25(2)30(23-35-33(37)31(26-15-7-3-8-16-26)27-17-9-4-10-18-27)24-36-34(38)32(28-19-11-5-12-20-28)29-21-13-6-14-22-29/h3-22,25,30,35-36H,23-24,37-38H2,1-2H3. The van der Waals surface area contributed by atoms with Gasteiger partial charge in [-0.25, -0.2) is 0 Å². The summed E-state index contributed by atoms with van der Waals surface area (Å²) in [5.41, 5.74) is 22.5.